The molecule has 0 bridgehead atoms. The second-order valence-corrected chi connectivity index (χ2v) is 10.0. The van der Waals surface area contributed by atoms with E-state index < -0.39 is 6.09 Å². The number of rotatable bonds is 6. The summed E-state index contributed by atoms with van der Waals surface area (Å²) in [6.45, 7) is 1.76. The van der Waals surface area contributed by atoms with Gasteiger partial charge in [-0.15, -0.1) is 0 Å². The zero-order valence-electron chi connectivity index (χ0n) is 19.9. The molecule has 0 spiro atoms. The Morgan fingerprint density at radius 2 is 1.85 bits per heavy atom. The summed E-state index contributed by atoms with van der Waals surface area (Å²) in [6.07, 6.45) is 10.4. The van der Waals surface area contributed by atoms with Crippen molar-refractivity contribution >= 4 is 6.09 Å². The predicted molar refractivity (Wildman–Crippen MR) is 129 cm³/mol. The Hall–Kier alpha value is -2.38. The number of piperidine rings is 1. The van der Waals surface area contributed by atoms with Gasteiger partial charge in [0.1, 0.15) is 6.23 Å². The molecule has 1 aromatic carbocycles. The Kier molecular flexibility index (Phi) is 7.50. The summed E-state index contributed by atoms with van der Waals surface area (Å²) in [7, 11) is 0. The van der Waals surface area contributed by atoms with Crippen molar-refractivity contribution in [3.05, 3.63) is 53.9 Å². The topological polar surface area (TPSA) is 76.8 Å². The van der Waals surface area contributed by atoms with Gasteiger partial charge in [0.25, 0.3) is 0 Å². The molecule has 3 atom stereocenters. The third-order valence-electron chi connectivity index (χ3n) is 7.98. The van der Waals surface area contributed by atoms with Gasteiger partial charge >= 0.3 is 6.09 Å². The Balaban J connectivity index is 1.26. The first-order valence-electron chi connectivity index (χ1n) is 13.0. The van der Waals surface area contributed by atoms with Gasteiger partial charge in [0, 0.05) is 31.0 Å². The Morgan fingerprint density at radius 1 is 1.03 bits per heavy atom. The zero-order valence-corrected chi connectivity index (χ0v) is 19.9. The molecule has 2 saturated heterocycles. The summed E-state index contributed by atoms with van der Waals surface area (Å²) in [5.41, 5.74) is 2.50. The average Bonchev–Trinajstić information content (AvgIpc) is 3.38. The van der Waals surface area contributed by atoms with Crippen molar-refractivity contribution < 1.29 is 19.4 Å². The Morgan fingerprint density at radius 3 is 2.59 bits per heavy atom. The molecular formula is C27H37N3O4. The summed E-state index contributed by atoms with van der Waals surface area (Å²) in [4.78, 5) is 13.7. The molecule has 2 aliphatic heterocycles. The Labute approximate surface area is 202 Å². The SMILES string of the molecule is O=C(O)N1CCC[C@H](c2ccnn2C2CCCCO2)[C@@H]1CO[C@H]1CC[C@@H](c2ccccc2)CC1. The number of hydrogen-bond acceptors (Lipinski definition) is 4. The van der Waals surface area contributed by atoms with Crippen LogP contribution >= 0.6 is 0 Å². The smallest absolute Gasteiger partial charge is 0.407 e. The highest BCUT2D eigenvalue weighted by atomic mass is 16.5. The molecule has 3 fully saturated rings. The number of ether oxygens (including phenoxy) is 2. The number of amides is 1. The molecule has 1 aliphatic carbocycles. The van der Waals surface area contributed by atoms with Crippen LogP contribution in [-0.2, 0) is 9.47 Å². The van der Waals surface area contributed by atoms with E-state index in [0.717, 1.165) is 70.1 Å². The van der Waals surface area contributed by atoms with Crippen molar-refractivity contribution in [2.45, 2.75) is 88.0 Å². The second kappa shape index (κ2) is 10.9. The summed E-state index contributed by atoms with van der Waals surface area (Å²) in [6, 6.07) is 12.6. The zero-order chi connectivity index (χ0) is 23.3. The maximum atomic E-state index is 12.1. The van der Waals surface area contributed by atoms with E-state index in [1.165, 1.54) is 5.56 Å². The fraction of sp³-hybridized carbons (Fsp3) is 0.630. The molecule has 1 aromatic heterocycles. The first kappa shape index (κ1) is 23.4. The number of aromatic nitrogens is 2. The van der Waals surface area contributed by atoms with Gasteiger partial charge < -0.3 is 19.5 Å². The van der Waals surface area contributed by atoms with Gasteiger partial charge in [-0.3, -0.25) is 0 Å². The molecule has 184 valence electrons. The molecule has 0 radical (unpaired) electrons. The van der Waals surface area contributed by atoms with Gasteiger partial charge in [0.15, 0.2) is 0 Å². The largest absolute Gasteiger partial charge is 0.465 e. The van der Waals surface area contributed by atoms with Crippen LogP contribution in [0.5, 0.6) is 0 Å². The van der Waals surface area contributed by atoms with Crippen LogP contribution in [0.15, 0.2) is 42.6 Å². The van der Waals surface area contributed by atoms with Crippen LogP contribution in [0.3, 0.4) is 0 Å². The number of carbonyl (C=O) groups is 1. The van der Waals surface area contributed by atoms with Crippen molar-refractivity contribution in [2.24, 2.45) is 0 Å². The number of hydrogen-bond donors (Lipinski definition) is 1. The highest BCUT2D eigenvalue weighted by Gasteiger charge is 2.38. The van der Waals surface area contributed by atoms with Gasteiger partial charge in [-0.25, -0.2) is 9.48 Å². The van der Waals surface area contributed by atoms with E-state index >= 15 is 0 Å². The molecule has 3 heterocycles. The lowest BCUT2D eigenvalue weighted by Gasteiger charge is -2.41. The minimum Gasteiger partial charge on any atom is -0.465 e. The maximum absolute atomic E-state index is 12.1. The van der Waals surface area contributed by atoms with Crippen molar-refractivity contribution in [1.29, 1.82) is 0 Å². The van der Waals surface area contributed by atoms with Gasteiger partial charge in [-0.05, 0) is 75.3 Å². The predicted octanol–water partition coefficient (Wildman–Crippen LogP) is 5.55. The monoisotopic (exact) mass is 467 g/mol. The number of nitrogens with zero attached hydrogens (tertiary/aromatic N) is 3. The molecule has 3 aliphatic rings. The third kappa shape index (κ3) is 5.15. The van der Waals surface area contributed by atoms with Crippen LogP contribution in [0.4, 0.5) is 4.79 Å². The van der Waals surface area contributed by atoms with E-state index in [-0.39, 0.29) is 24.3 Å². The van der Waals surface area contributed by atoms with Crippen LogP contribution in [0, 0.1) is 0 Å². The normalized spacial score (nSPS) is 30.2. The minimum atomic E-state index is -0.855. The van der Waals surface area contributed by atoms with Crippen molar-refractivity contribution in [3.8, 4) is 0 Å². The lowest BCUT2D eigenvalue weighted by atomic mass is 9.82. The molecule has 2 aromatic rings. The third-order valence-corrected chi connectivity index (χ3v) is 7.98. The lowest BCUT2D eigenvalue weighted by Crippen LogP contribution is -2.50. The van der Waals surface area contributed by atoms with Crippen molar-refractivity contribution in [1.82, 2.24) is 14.7 Å². The minimum absolute atomic E-state index is 0.0474. The van der Waals surface area contributed by atoms with E-state index in [4.69, 9.17) is 9.47 Å². The molecule has 34 heavy (non-hydrogen) atoms. The maximum Gasteiger partial charge on any atom is 0.407 e. The number of carboxylic acid groups (broad SMARTS) is 1. The van der Waals surface area contributed by atoms with E-state index in [2.05, 4.69) is 35.4 Å². The summed E-state index contributed by atoms with van der Waals surface area (Å²) in [5, 5.41) is 14.6. The van der Waals surface area contributed by atoms with E-state index in [9.17, 15) is 9.90 Å². The quantitative estimate of drug-likeness (QED) is 0.603. The number of likely N-dealkylation sites (tertiary alicyclic amines) is 1. The molecular weight excluding hydrogens is 430 g/mol. The fourth-order valence-electron chi connectivity index (χ4n) is 6.14. The van der Waals surface area contributed by atoms with E-state index in [1.807, 2.05) is 16.9 Å². The first-order chi connectivity index (χ1) is 16.7. The van der Waals surface area contributed by atoms with Crippen LogP contribution in [0.25, 0.3) is 0 Å². The molecule has 1 unspecified atom stereocenters. The van der Waals surface area contributed by atoms with Gasteiger partial charge in [-0.1, -0.05) is 30.3 Å². The Bertz CT molecular complexity index is 919. The molecule has 1 N–H and O–H groups in total. The van der Waals surface area contributed by atoms with E-state index in [1.54, 1.807) is 4.90 Å². The first-order valence-corrected chi connectivity index (χ1v) is 13.0. The van der Waals surface area contributed by atoms with Gasteiger partial charge in [-0.2, -0.15) is 5.10 Å². The second-order valence-electron chi connectivity index (χ2n) is 10.0. The van der Waals surface area contributed by atoms with Crippen molar-refractivity contribution in [3.63, 3.8) is 0 Å². The summed E-state index contributed by atoms with van der Waals surface area (Å²) in [5.74, 6) is 0.669. The molecule has 7 heteroatoms. The molecule has 7 nitrogen and oxygen atoms in total. The van der Waals surface area contributed by atoms with Crippen molar-refractivity contribution in [2.75, 3.05) is 19.8 Å². The highest BCUT2D eigenvalue weighted by molar-refractivity contribution is 5.65. The van der Waals surface area contributed by atoms with Crippen LogP contribution in [-0.4, -0.2) is 57.8 Å². The fourth-order valence-corrected chi connectivity index (χ4v) is 6.14. The van der Waals surface area contributed by atoms with Crippen LogP contribution in [0.1, 0.15) is 87.1 Å². The molecule has 5 rings (SSSR count). The summed E-state index contributed by atoms with van der Waals surface area (Å²) >= 11 is 0. The highest BCUT2D eigenvalue weighted by Crippen LogP contribution is 2.37. The standard InChI is InChI=1S/C27H37N3O4/c31-27(32)29-17-6-9-23(24-15-16-28-30(24)26-10-4-5-18-33-26)25(29)19-34-22-13-11-21(12-14-22)20-7-2-1-3-8-20/h1-3,7-8,15-16,21-23,25-26H,4-6,9-14,17-19H2,(H,31,32)/t21-,22+,23-,25+,26?/m1/s1. The number of benzene rings is 1. The summed E-state index contributed by atoms with van der Waals surface area (Å²) < 4.78 is 14.4. The van der Waals surface area contributed by atoms with Crippen LogP contribution < -0.4 is 0 Å². The lowest BCUT2D eigenvalue weighted by molar-refractivity contribution is -0.0463. The van der Waals surface area contributed by atoms with Gasteiger partial charge in [0.05, 0.1) is 18.8 Å². The van der Waals surface area contributed by atoms with Gasteiger partial charge in [0.2, 0.25) is 0 Å². The average molecular weight is 468 g/mol. The van der Waals surface area contributed by atoms with E-state index in [0.29, 0.717) is 19.1 Å². The van der Waals surface area contributed by atoms with Crippen LogP contribution in [0.2, 0.25) is 0 Å². The molecule has 1 saturated carbocycles. The molecule has 1 amide bonds.